The standard InChI is InChI=1S/C14H16N2/c1-11-8-12(10-15)5-6-13(11)9-14-4-2-3-7-16-14/h2-8H,9-10,15H2,1H3. The Bertz CT molecular complexity index is 463. The molecular formula is C14H16N2. The molecule has 1 aromatic heterocycles. The van der Waals surface area contributed by atoms with Gasteiger partial charge in [-0.1, -0.05) is 24.3 Å². The largest absolute Gasteiger partial charge is 0.326 e. The summed E-state index contributed by atoms with van der Waals surface area (Å²) in [5.74, 6) is 0. The van der Waals surface area contributed by atoms with E-state index < -0.39 is 0 Å². The summed E-state index contributed by atoms with van der Waals surface area (Å²) in [4.78, 5) is 4.33. The zero-order valence-corrected chi connectivity index (χ0v) is 9.48. The highest BCUT2D eigenvalue weighted by Gasteiger charge is 2.01. The van der Waals surface area contributed by atoms with Crippen molar-refractivity contribution < 1.29 is 0 Å². The quantitative estimate of drug-likeness (QED) is 0.848. The third kappa shape index (κ3) is 2.47. The molecule has 1 aromatic carbocycles. The summed E-state index contributed by atoms with van der Waals surface area (Å²) in [5, 5.41) is 0. The highest BCUT2D eigenvalue weighted by atomic mass is 14.7. The smallest absolute Gasteiger partial charge is 0.0447 e. The molecule has 2 heteroatoms. The Balaban J connectivity index is 2.22. The predicted molar refractivity (Wildman–Crippen MR) is 66.1 cm³/mol. The fourth-order valence-electron chi connectivity index (χ4n) is 1.78. The second kappa shape index (κ2) is 4.90. The molecule has 0 fully saturated rings. The predicted octanol–water partition coefficient (Wildman–Crippen LogP) is 2.44. The van der Waals surface area contributed by atoms with E-state index in [0.717, 1.165) is 12.1 Å². The molecule has 0 radical (unpaired) electrons. The summed E-state index contributed by atoms with van der Waals surface area (Å²) in [6, 6.07) is 12.4. The first-order valence-corrected chi connectivity index (χ1v) is 5.48. The summed E-state index contributed by atoms with van der Waals surface area (Å²) >= 11 is 0. The number of hydrogen-bond acceptors (Lipinski definition) is 2. The van der Waals surface area contributed by atoms with Crippen molar-refractivity contribution in [3.8, 4) is 0 Å². The Morgan fingerprint density at radius 3 is 2.69 bits per heavy atom. The Morgan fingerprint density at radius 2 is 2.06 bits per heavy atom. The molecule has 2 nitrogen and oxygen atoms in total. The van der Waals surface area contributed by atoms with E-state index in [1.807, 2.05) is 18.3 Å². The molecule has 0 saturated carbocycles. The lowest BCUT2D eigenvalue weighted by molar-refractivity contribution is 1.03. The summed E-state index contributed by atoms with van der Waals surface area (Å²) in [5.41, 5.74) is 10.5. The Morgan fingerprint density at radius 1 is 1.19 bits per heavy atom. The van der Waals surface area contributed by atoms with E-state index >= 15 is 0 Å². The van der Waals surface area contributed by atoms with Crippen LogP contribution in [-0.4, -0.2) is 4.98 Å². The average molecular weight is 212 g/mol. The number of hydrogen-bond donors (Lipinski definition) is 1. The van der Waals surface area contributed by atoms with Gasteiger partial charge in [0.15, 0.2) is 0 Å². The van der Waals surface area contributed by atoms with Gasteiger partial charge in [-0.15, -0.1) is 0 Å². The van der Waals surface area contributed by atoms with Gasteiger partial charge in [0.1, 0.15) is 0 Å². The van der Waals surface area contributed by atoms with Gasteiger partial charge < -0.3 is 5.73 Å². The number of rotatable bonds is 3. The summed E-state index contributed by atoms with van der Waals surface area (Å²) < 4.78 is 0. The SMILES string of the molecule is Cc1cc(CN)ccc1Cc1ccccn1. The van der Waals surface area contributed by atoms with Gasteiger partial charge in [-0.25, -0.2) is 0 Å². The highest BCUT2D eigenvalue weighted by molar-refractivity contribution is 5.33. The average Bonchev–Trinajstić information content (AvgIpc) is 2.33. The van der Waals surface area contributed by atoms with Crippen molar-refractivity contribution in [2.45, 2.75) is 19.9 Å². The van der Waals surface area contributed by atoms with Crippen LogP contribution in [0.1, 0.15) is 22.4 Å². The molecule has 2 rings (SSSR count). The number of aromatic nitrogens is 1. The van der Waals surface area contributed by atoms with Crippen molar-refractivity contribution in [3.63, 3.8) is 0 Å². The van der Waals surface area contributed by atoms with Gasteiger partial charge in [0.05, 0.1) is 0 Å². The molecular weight excluding hydrogens is 196 g/mol. The van der Waals surface area contributed by atoms with Crippen LogP contribution >= 0.6 is 0 Å². The van der Waals surface area contributed by atoms with Crippen molar-refractivity contribution in [2.24, 2.45) is 5.73 Å². The zero-order chi connectivity index (χ0) is 11.4. The normalized spacial score (nSPS) is 10.4. The zero-order valence-electron chi connectivity index (χ0n) is 9.48. The molecule has 0 amide bonds. The van der Waals surface area contributed by atoms with Crippen molar-refractivity contribution in [1.82, 2.24) is 4.98 Å². The maximum Gasteiger partial charge on any atom is 0.0447 e. The van der Waals surface area contributed by atoms with E-state index in [0.29, 0.717) is 6.54 Å². The minimum atomic E-state index is 0.602. The number of aryl methyl sites for hydroxylation is 1. The molecule has 0 aliphatic heterocycles. The topological polar surface area (TPSA) is 38.9 Å². The third-order valence-corrected chi connectivity index (χ3v) is 2.74. The summed E-state index contributed by atoms with van der Waals surface area (Å²) in [6.07, 6.45) is 2.72. The molecule has 2 aromatic rings. The second-order valence-electron chi connectivity index (χ2n) is 3.96. The van der Waals surface area contributed by atoms with E-state index in [1.54, 1.807) is 0 Å². The lowest BCUT2D eigenvalue weighted by Crippen LogP contribution is -1.99. The van der Waals surface area contributed by atoms with Crippen LogP contribution in [0.4, 0.5) is 0 Å². The Labute approximate surface area is 96.1 Å². The number of nitrogens with two attached hydrogens (primary N) is 1. The van der Waals surface area contributed by atoms with Gasteiger partial charge in [0.2, 0.25) is 0 Å². The van der Waals surface area contributed by atoms with Crippen molar-refractivity contribution in [2.75, 3.05) is 0 Å². The van der Waals surface area contributed by atoms with Crippen LogP contribution < -0.4 is 5.73 Å². The van der Waals surface area contributed by atoms with Crippen molar-refractivity contribution in [1.29, 1.82) is 0 Å². The molecule has 2 N–H and O–H groups in total. The number of pyridine rings is 1. The molecule has 82 valence electrons. The Kier molecular flexibility index (Phi) is 3.32. The minimum Gasteiger partial charge on any atom is -0.326 e. The van der Waals surface area contributed by atoms with Gasteiger partial charge in [-0.2, -0.15) is 0 Å². The van der Waals surface area contributed by atoms with E-state index in [1.165, 1.54) is 16.7 Å². The van der Waals surface area contributed by atoms with Crippen LogP contribution in [-0.2, 0) is 13.0 Å². The molecule has 0 saturated heterocycles. The Hall–Kier alpha value is -1.67. The highest BCUT2D eigenvalue weighted by Crippen LogP contribution is 2.14. The maximum atomic E-state index is 5.61. The van der Waals surface area contributed by atoms with Crippen LogP contribution in [0.15, 0.2) is 42.6 Å². The van der Waals surface area contributed by atoms with Gasteiger partial charge >= 0.3 is 0 Å². The van der Waals surface area contributed by atoms with Crippen LogP contribution in [0.25, 0.3) is 0 Å². The summed E-state index contributed by atoms with van der Waals surface area (Å²) in [6.45, 7) is 2.72. The van der Waals surface area contributed by atoms with Crippen molar-refractivity contribution in [3.05, 3.63) is 65.0 Å². The van der Waals surface area contributed by atoms with E-state index in [2.05, 4.69) is 36.2 Å². The minimum absolute atomic E-state index is 0.602. The molecule has 0 aliphatic carbocycles. The summed E-state index contributed by atoms with van der Waals surface area (Å²) in [7, 11) is 0. The van der Waals surface area contributed by atoms with Gasteiger partial charge in [0, 0.05) is 24.9 Å². The monoisotopic (exact) mass is 212 g/mol. The maximum absolute atomic E-state index is 5.61. The van der Waals surface area contributed by atoms with Gasteiger partial charge in [-0.05, 0) is 35.7 Å². The first-order chi connectivity index (χ1) is 7.79. The van der Waals surface area contributed by atoms with Gasteiger partial charge in [-0.3, -0.25) is 4.98 Å². The van der Waals surface area contributed by atoms with E-state index in [9.17, 15) is 0 Å². The van der Waals surface area contributed by atoms with Crippen molar-refractivity contribution >= 4 is 0 Å². The van der Waals surface area contributed by atoms with E-state index in [4.69, 9.17) is 5.73 Å². The van der Waals surface area contributed by atoms with Gasteiger partial charge in [0.25, 0.3) is 0 Å². The number of nitrogens with zero attached hydrogens (tertiary/aromatic N) is 1. The third-order valence-electron chi connectivity index (χ3n) is 2.74. The fourth-order valence-corrected chi connectivity index (χ4v) is 1.78. The molecule has 16 heavy (non-hydrogen) atoms. The lowest BCUT2D eigenvalue weighted by Gasteiger charge is -2.07. The first kappa shape index (κ1) is 10.8. The molecule has 0 spiro atoms. The molecule has 1 heterocycles. The first-order valence-electron chi connectivity index (χ1n) is 5.48. The molecule has 0 aliphatic rings. The number of benzene rings is 1. The van der Waals surface area contributed by atoms with Crippen LogP contribution in [0.3, 0.4) is 0 Å². The molecule has 0 bridgehead atoms. The van der Waals surface area contributed by atoms with Crippen LogP contribution in [0.5, 0.6) is 0 Å². The fraction of sp³-hybridized carbons (Fsp3) is 0.214. The van der Waals surface area contributed by atoms with Crippen LogP contribution in [0, 0.1) is 6.92 Å². The lowest BCUT2D eigenvalue weighted by atomic mass is 10.0. The second-order valence-corrected chi connectivity index (χ2v) is 3.96. The van der Waals surface area contributed by atoms with E-state index in [-0.39, 0.29) is 0 Å². The molecule has 0 atom stereocenters. The van der Waals surface area contributed by atoms with Crippen LogP contribution in [0.2, 0.25) is 0 Å². The molecule has 0 unspecified atom stereocenters.